The Labute approximate surface area is 116 Å². The summed E-state index contributed by atoms with van der Waals surface area (Å²) in [7, 11) is 0. The molecule has 6 heteroatoms. The first-order valence-corrected chi connectivity index (χ1v) is 5.94. The van der Waals surface area contributed by atoms with Crippen LogP contribution >= 0.6 is 0 Å². The third kappa shape index (κ3) is 4.47. The minimum Gasteiger partial charge on any atom is -0.480 e. The maximum Gasteiger partial charge on any atom is 0.328 e. The van der Waals surface area contributed by atoms with Crippen LogP contribution in [0, 0.1) is 12.7 Å². The third-order valence-electron chi connectivity index (χ3n) is 2.54. The summed E-state index contributed by atoms with van der Waals surface area (Å²) in [6.45, 7) is 4.97. The Kier molecular flexibility index (Phi) is 5.86. The molecule has 0 aliphatic rings. The molecule has 1 rings (SSSR count). The largest absolute Gasteiger partial charge is 0.480 e. The zero-order valence-corrected chi connectivity index (χ0v) is 11.1. The third-order valence-corrected chi connectivity index (χ3v) is 2.54. The summed E-state index contributed by atoms with van der Waals surface area (Å²) < 4.78 is 18.1. The molecule has 1 atom stereocenters. The molecule has 1 amide bonds. The van der Waals surface area contributed by atoms with Gasteiger partial charge >= 0.3 is 5.97 Å². The van der Waals surface area contributed by atoms with Gasteiger partial charge in [-0.2, -0.15) is 0 Å². The number of carbonyl (C=O) groups is 2. The maximum absolute atomic E-state index is 13.1. The van der Waals surface area contributed by atoms with Crippen molar-refractivity contribution in [1.29, 1.82) is 0 Å². The van der Waals surface area contributed by atoms with Crippen molar-refractivity contribution in [3.63, 3.8) is 0 Å². The van der Waals surface area contributed by atoms with E-state index in [4.69, 9.17) is 9.84 Å². The molecule has 1 aromatic rings. The lowest BCUT2D eigenvalue weighted by Gasteiger charge is -2.14. The summed E-state index contributed by atoms with van der Waals surface area (Å²) >= 11 is 0. The van der Waals surface area contributed by atoms with Crippen molar-refractivity contribution < 1.29 is 23.8 Å². The van der Waals surface area contributed by atoms with Gasteiger partial charge in [-0.25, -0.2) is 9.18 Å². The summed E-state index contributed by atoms with van der Waals surface area (Å²) in [5.74, 6) is -2.23. The van der Waals surface area contributed by atoms with Gasteiger partial charge in [0.2, 0.25) is 0 Å². The summed E-state index contributed by atoms with van der Waals surface area (Å²) in [5.41, 5.74) is 0.506. The van der Waals surface area contributed by atoms with Crippen LogP contribution in [-0.2, 0) is 9.53 Å². The predicted octanol–water partition coefficient (Wildman–Crippen LogP) is 1.52. The van der Waals surface area contributed by atoms with Crippen LogP contribution in [0.3, 0.4) is 0 Å². The number of halogens is 1. The highest BCUT2D eigenvalue weighted by atomic mass is 19.1. The van der Waals surface area contributed by atoms with Gasteiger partial charge in [0, 0.05) is 5.56 Å². The number of nitrogens with one attached hydrogen (secondary N) is 1. The number of carboxylic acids is 1. The fraction of sp³-hybridized carbons (Fsp3) is 0.286. The monoisotopic (exact) mass is 281 g/mol. The number of hydrogen-bond donors (Lipinski definition) is 2. The minimum absolute atomic E-state index is 0.173. The lowest BCUT2D eigenvalue weighted by molar-refractivity contribution is -0.140. The van der Waals surface area contributed by atoms with Crippen molar-refractivity contribution in [1.82, 2.24) is 5.32 Å². The molecule has 1 unspecified atom stereocenters. The van der Waals surface area contributed by atoms with E-state index in [1.807, 2.05) is 0 Å². The average molecular weight is 281 g/mol. The molecule has 0 heterocycles. The van der Waals surface area contributed by atoms with Gasteiger partial charge in [-0.1, -0.05) is 6.08 Å². The Bertz CT molecular complexity index is 516. The SMILES string of the molecule is C=CCOCC(NC(=O)c1ccc(F)c(C)c1)C(=O)O. The Morgan fingerprint density at radius 2 is 2.25 bits per heavy atom. The van der Waals surface area contributed by atoms with Crippen LogP contribution in [0.2, 0.25) is 0 Å². The maximum atomic E-state index is 13.1. The molecular formula is C14H16FNO4. The normalized spacial score (nSPS) is 11.7. The Morgan fingerprint density at radius 3 is 2.80 bits per heavy atom. The second-order valence-electron chi connectivity index (χ2n) is 4.15. The first-order chi connectivity index (χ1) is 9.45. The van der Waals surface area contributed by atoms with Gasteiger partial charge in [0.25, 0.3) is 5.91 Å². The van der Waals surface area contributed by atoms with Crippen LogP contribution in [0.5, 0.6) is 0 Å². The van der Waals surface area contributed by atoms with Gasteiger partial charge in [0.1, 0.15) is 5.82 Å². The van der Waals surface area contributed by atoms with E-state index in [9.17, 15) is 14.0 Å². The van der Waals surface area contributed by atoms with Crippen LogP contribution in [0.1, 0.15) is 15.9 Å². The van der Waals surface area contributed by atoms with Crippen molar-refractivity contribution in [2.45, 2.75) is 13.0 Å². The molecule has 0 saturated heterocycles. The fourth-order valence-electron chi connectivity index (χ4n) is 1.47. The van der Waals surface area contributed by atoms with Gasteiger partial charge in [-0.05, 0) is 30.7 Å². The van der Waals surface area contributed by atoms with Crippen molar-refractivity contribution in [3.8, 4) is 0 Å². The molecule has 0 saturated carbocycles. The van der Waals surface area contributed by atoms with Crippen molar-refractivity contribution >= 4 is 11.9 Å². The number of rotatable bonds is 7. The number of carbonyl (C=O) groups excluding carboxylic acids is 1. The standard InChI is InChI=1S/C14H16FNO4/c1-3-6-20-8-12(14(18)19)16-13(17)10-4-5-11(15)9(2)7-10/h3-5,7,12H,1,6,8H2,2H3,(H,16,17)(H,18,19). The average Bonchev–Trinajstić information content (AvgIpc) is 2.40. The molecule has 0 aliphatic heterocycles. The lowest BCUT2D eigenvalue weighted by Crippen LogP contribution is -2.44. The molecule has 20 heavy (non-hydrogen) atoms. The highest BCUT2D eigenvalue weighted by Gasteiger charge is 2.21. The first-order valence-electron chi connectivity index (χ1n) is 5.94. The van der Waals surface area contributed by atoms with Crippen molar-refractivity contribution in [2.75, 3.05) is 13.2 Å². The molecule has 0 spiro atoms. The van der Waals surface area contributed by atoms with Crippen LogP contribution in [0.4, 0.5) is 4.39 Å². The molecule has 0 aromatic heterocycles. The lowest BCUT2D eigenvalue weighted by atomic mass is 10.1. The second kappa shape index (κ2) is 7.40. The Hall–Kier alpha value is -2.21. The summed E-state index contributed by atoms with van der Waals surface area (Å²) in [6.07, 6.45) is 1.48. The molecule has 2 N–H and O–H groups in total. The van der Waals surface area contributed by atoms with Crippen molar-refractivity contribution in [3.05, 3.63) is 47.8 Å². The smallest absolute Gasteiger partial charge is 0.328 e. The van der Waals surface area contributed by atoms with E-state index in [-0.39, 0.29) is 18.8 Å². The second-order valence-corrected chi connectivity index (χ2v) is 4.15. The van der Waals surface area contributed by atoms with Gasteiger partial charge < -0.3 is 15.2 Å². The molecule has 108 valence electrons. The number of hydrogen-bond acceptors (Lipinski definition) is 3. The van der Waals surface area contributed by atoms with Crippen LogP contribution < -0.4 is 5.32 Å². The number of aryl methyl sites for hydroxylation is 1. The Morgan fingerprint density at radius 1 is 1.55 bits per heavy atom. The molecule has 0 bridgehead atoms. The van der Waals surface area contributed by atoms with E-state index in [0.717, 1.165) is 6.07 Å². The molecule has 5 nitrogen and oxygen atoms in total. The fourth-order valence-corrected chi connectivity index (χ4v) is 1.47. The quantitative estimate of drug-likeness (QED) is 0.587. The topological polar surface area (TPSA) is 75.6 Å². The summed E-state index contributed by atoms with van der Waals surface area (Å²) in [5, 5.41) is 11.3. The predicted molar refractivity (Wildman–Crippen MR) is 71.0 cm³/mol. The molecular weight excluding hydrogens is 265 g/mol. The summed E-state index contributed by atoms with van der Waals surface area (Å²) in [4.78, 5) is 22.9. The van der Waals surface area contributed by atoms with Crippen molar-refractivity contribution in [2.24, 2.45) is 0 Å². The van der Waals surface area contributed by atoms with Crippen LogP contribution in [0.15, 0.2) is 30.9 Å². The number of ether oxygens (including phenoxy) is 1. The van der Waals surface area contributed by atoms with E-state index in [1.165, 1.54) is 25.1 Å². The van der Waals surface area contributed by atoms with Gasteiger partial charge in [0.15, 0.2) is 6.04 Å². The number of amides is 1. The molecule has 0 aliphatic carbocycles. The van der Waals surface area contributed by atoms with Gasteiger partial charge in [-0.3, -0.25) is 4.79 Å². The van der Waals surface area contributed by atoms with Crippen LogP contribution in [-0.4, -0.2) is 36.2 Å². The van der Waals surface area contributed by atoms with E-state index in [0.29, 0.717) is 5.56 Å². The van der Waals surface area contributed by atoms with E-state index >= 15 is 0 Å². The molecule has 0 fully saturated rings. The zero-order valence-electron chi connectivity index (χ0n) is 11.1. The van der Waals surface area contributed by atoms with E-state index in [1.54, 1.807) is 0 Å². The zero-order chi connectivity index (χ0) is 15.1. The van der Waals surface area contributed by atoms with Gasteiger partial charge in [-0.15, -0.1) is 6.58 Å². The van der Waals surface area contributed by atoms with E-state index < -0.39 is 23.7 Å². The number of carboxylic acid groups (broad SMARTS) is 1. The van der Waals surface area contributed by atoms with Gasteiger partial charge in [0.05, 0.1) is 13.2 Å². The Balaban J connectivity index is 2.72. The first kappa shape index (κ1) is 15.8. The van der Waals surface area contributed by atoms with Crippen LogP contribution in [0.25, 0.3) is 0 Å². The molecule has 0 radical (unpaired) electrons. The highest BCUT2D eigenvalue weighted by Crippen LogP contribution is 2.09. The highest BCUT2D eigenvalue weighted by molar-refractivity contribution is 5.96. The summed E-state index contributed by atoms with van der Waals surface area (Å²) in [6, 6.07) is 2.64. The number of benzene rings is 1. The number of aliphatic carboxylic acids is 1. The molecule has 1 aromatic carbocycles. The minimum atomic E-state index is -1.21. The van der Waals surface area contributed by atoms with E-state index in [2.05, 4.69) is 11.9 Å².